The quantitative estimate of drug-likeness (QED) is 0.0484. The number of hydrogen-bond acceptors (Lipinski definition) is 18. The van der Waals surface area contributed by atoms with Crippen LogP contribution in [-0.2, 0) is 46.5 Å². The first-order valence-electron chi connectivity index (χ1n) is 21.6. The zero-order valence-electron chi connectivity index (χ0n) is 37.2. The minimum Gasteiger partial charge on any atom is -0.497 e. The maximum Gasteiger partial charge on any atom is 0.514 e. The average Bonchev–Trinajstić information content (AvgIpc) is 3.70. The van der Waals surface area contributed by atoms with Crippen LogP contribution in [0.5, 0.6) is 28.7 Å². The lowest BCUT2D eigenvalue weighted by Gasteiger charge is -2.53. The molecule has 3 aliphatic heterocycles. The maximum atomic E-state index is 14.1. The molecule has 8 rings (SSSR count). The number of halogens is 1. The number of carboxylic acids is 1. The van der Waals surface area contributed by atoms with Gasteiger partial charge in [0.25, 0.3) is 0 Å². The number of nitrogens with zero attached hydrogens (tertiary/aromatic N) is 1. The van der Waals surface area contributed by atoms with Crippen molar-refractivity contribution in [2.75, 3.05) is 55.2 Å². The van der Waals surface area contributed by atoms with Crippen LogP contribution in [0.3, 0.4) is 0 Å². The van der Waals surface area contributed by atoms with Gasteiger partial charge < -0.3 is 68.0 Å². The van der Waals surface area contributed by atoms with E-state index in [1.807, 2.05) is 6.07 Å². The van der Waals surface area contributed by atoms with Gasteiger partial charge in [0, 0.05) is 55.2 Å². The van der Waals surface area contributed by atoms with E-state index in [1.165, 1.54) is 62.9 Å². The number of aliphatic carboxylic acids is 1. The SMILES string of the molecule is COOCC1C2CC3c4c([nH]c5ccc(OC)cc45)CCN3CC2CC(OC(=O)c2cc(OC)c(OC(=O)OCc3ccc(OC4OC(C(=O)O)C(O)C(O)C4O)c(Cl)c3)c(OC)c2)C1OC. The first-order valence-corrected chi connectivity index (χ1v) is 21.9. The van der Waals surface area contributed by atoms with Gasteiger partial charge in [-0.15, -0.1) is 0 Å². The van der Waals surface area contributed by atoms with Crippen molar-refractivity contribution in [3.63, 3.8) is 0 Å². The van der Waals surface area contributed by atoms with Crippen LogP contribution < -0.4 is 23.7 Å². The number of benzene rings is 3. The van der Waals surface area contributed by atoms with Gasteiger partial charge in [-0.2, -0.15) is 0 Å². The van der Waals surface area contributed by atoms with Crippen LogP contribution in [0, 0.1) is 17.8 Å². The molecule has 2 saturated heterocycles. The Kier molecular flexibility index (Phi) is 14.7. The van der Waals surface area contributed by atoms with E-state index in [1.54, 1.807) is 14.2 Å². The first kappa shape index (κ1) is 48.1. The number of hydrogen-bond donors (Lipinski definition) is 5. The number of aromatic amines is 1. The van der Waals surface area contributed by atoms with Gasteiger partial charge in [-0.05, 0) is 78.3 Å². The molecule has 1 aliphatic carbocycles. The third-order valence-electron chi connectivity index (χ3n) is 13.2. The number of aromatic nitrogens is 1. The van der Waals surface area contributed by atoms with Gasteiger partial charge >= 0.3 is 18.1 Å². The van der Waals surface area contributed by atoms with Crippen molar-refractivity contribution in [3.8, 4) is 28.7 Å². The van der Waals surface area contributed by atoms with Crippen LogP contribution >= 0.6 is 11.6 Å². The van der Waals surface area contributed by atoms with Crippen LogP contribution in [0.25, 0.3) is 10.9 Å². The molecular weight excluding hydrogens is 904 g/mol. The molecule has 0 radical (unpaired) electrons. The van der Waals surface area contributed by atoms with E-state index in [2.05, 4.69) is 22.0 Å². The van der Waals surface area contributed by atoms with E-state index < -0.39 is 61.0 Å². The van der Waals surface area contributed by atoms with E-state index >= 15 is 0 Å². The predicted molar refractivity (Wildman–Crippen MR) is 232 cm³/mol. The topological polar surface area (TPSA) is 253 Å². The number of fused-ring (bicyclic) bond motifs is 6. The highest BCUT2D eigenvalue weighted by Crippen LogP contribution is 2.51. The molecule has 11 unspecified atom stereocenters. The smallest absolute Gasteiger partial charge is 0.497 e. The lowest BCUT2D eigenvalue weighted by Crippen LogP contribution is -2.61. The zero-order valence-corrected chi connectivity index (χ0v) is 38.0. The summed E-state index contributed by atoms with van der Waals surface area (Å²) in [7, 11) is 7.37. The second-order valence-electron chi connectivity index (χ2n) is 16.8. The van der Waals surface area contributed by atoms with Crippen LogP contribution in [0.2, 0.25) is 5.02 Å². The number of esters is 1. The van der Waals surface area contributed by atoms with E-state index in [-0.39, 0.29) is 70.6 Å². The van der Waals surface area contributed by atoms with Gasteiger partial charge in [-0.1, -0.05) is 17.7 Å². The number of carboxylic acid groups (broad SMARTS) is 1. The molecule has 0 bridgehead atoms. The Hall–Kier alpha value is -5.42. The van der Waals surface area contributed by atoms with E-state index in [4.69, 9.17) is 64.0 Å². The summed E-state index contributed by atoms with van der Waals surface area (Å²) in [5.74, 6) is -1.66. The summed E-state index contributed by atoms with van der Waals surface area (Å²) < 4.78 is 50.5. The van der Waals surface area contributed by atoms with Gasteiger partial charge in [0.05, 0.1) is 51.7 Å². The fourth-order valence-electron chi connectivity index (χ4n) is 10.0. The number of rotatable bonds is 15. The highest BCUT2D eigenvalue weighted by molar-refractivity contribution is 6.32. The predicted octanol–water partition coefficient (Wildman–Crippen LogP) is 4.21. The summed E-state index contributed by atoms with van der Waals surface area (Å²) in [6.07, 6.45) is -9.25. The minimum atomic E-state index is -1.90. The largest absolute Gasteiger partial charge is 0.514 e. The van der Waals surface area contributed by atoms with Crippen LogP contribution in [0.4, 0.5) is 4.79 Å². The van der Waals surface area contributed by atoms with Gasteiger partial charge in [-0.25, -0.2) is 24.2 Å². The molecule has 3 aromatic carbocycles. The molecule has 21 heteroatoms. The number of carbonyl (C=O) groups is 3. The summed E-state index contributed by atoms with van der Waals surface area (Å²) in [5, 5.41) is 40.8. The zero-order chi connectivity index (χ0) is 47.7. The Balaban J connectivity index is 0.929. The highest BCUT2D eigenvalue weighted by atomic mass is 35.5. The second-order valence-corrected chi connectivity index (χ2v) is 17.2. The number of aliphatic hydroxyl groups is 3. The molecule has 4 aromatic rings. The number of carbonyl (C=O) groups excluding carboxylic acids is 2. The minimum absolute atomic E-state index is 0.0289. The number of methoxy groups -OCH3 is 4. The van der Waals surface area contributed by atoms with Gasteiger partial charge in [0.15, 0.2) is 17.6 Å². The van der Waals surface area contributed by atoms with Crippen molar-refractivity contribution in [3.05, 3.63) is 75.9 Å². The molecule has 0 spiro atoms. The second kappa shape index (κ2) is 20.4. The summed E-state index contributed by atoms with van der Waals surface area (Å²) in [4.78, 5) is 55.4. The fraction of sp³-hybridized carbons (Fsp3) is 0.500. The van der Waals surface area contributed by atoms with Crippen molar-refractivity contribution in [2.45, 2.75) is 74.8 Å². The molecule has 0 amide bonds. The molecule has 67 heavy (non-hydrogen) atoms. The summed E-state index contributed by atoms with van der Waals surface area (Å²) >= 11 is 6.36. The fourth-order valence-corrected chi connectivity index (χ4v) is 10.3. The Morgan fingerprint density at radius 2 is 1.66 bits per heavy atom. The van der Waals surface area contributed by atoms with E-state index in [0.29, 0.717) is 12.0 Å². The average molecular weight is 957 g/mol. The monoisotopic (exact) mass is 956 g/mol. The summed E-state index contributed by atoms with van der Waals surface area (Å²) in [6.45, 7) is 1.53. The number of piperidine rings is 1. The third-order valence-corrected chi connectivity index (χ3v) is 13.5. The van der Waals surface area contributed by atoms with Crippen molar-refractivity contribution >= 4 is 40.6 Å². The Morgan fingerprint density at radius 1 is 0.896 bits per heavy atom. The standard InChI is InChI=1S/C46H53ClN2O18/c1-57-24-7-8-29-26(16-24)36-30(48-29)10-11-49-18-23-15-35(40(60-4)27(20-63-61-5)25(23)17-31(36)49)64-44(55)22-13-33(58-2)41(34(14-22)59-3)67-46(56)62-19-21-6-9-32(28(47)12-21)65-45-39(52)37(50)38(51)42(66-45)43(53)54/h6-9,12-14,16,23,25,27,31,35,37-40,42,45,48,50-52H,10-11,15,17-20H2,1-5H3,(H,53,54). The molecule has 20 nitrogen and oxygen atoms in total. The van der Waals surface area contributed by atoms with Crippen LogP contribution in [0.15, 0.2) is 48.5 Å². The van der Waals surface area contributed by atoms with Gasteiger partial charge in [0.1, 0.15) is 42.5 Å². The van der Waals surface area contributed by atoms with E-state index in [0.717, 1.165) is 42.6 Å². The third kappa shape index (κ3) is 9.68. The molecule has 1 aromatic heterocycles. The number of ether oxygens (including phenoxy) is 9. The molecule has 5 N–H and O–H groups in total. The van der Waals surface area contributed by atoms with Crippen LogP contribution in [-0.4, -0.2) is 147 Å². The Labute approximate surface area is 389 Å². The highest BCUT2D eigenvalue weighted by Gasteiger charge is 2.52. The van der Waals surface area contributed by atoms with E-state index in [9.17, 15) is 34.8 Å². The normalized spacial score (nSPS) is 28.0. The maximum absolute atomic E-state index is 14.1. The van der Waals surface area contributed by atoms with Crippen molar-refractivity contribution in [1.29, 1.82) is 0 Å². The Bertz CT molecular complexity index is 2420. The van der Waals surface area contributed by atoms with Crippen molar-refractivity contribution in [1.82, 2.24) is 9.88 Å². The van der Waals surface area contributed by atoms with Crippen molar-refractivity contribution < 1.29 is 87.2 Å². The molecular formula is C46H53ClN2O18. The summed E-state index contributed by atoms with van der Waals surface area (Å²) in [5.41, 5.74) is 4.03. The number of H-pyrrole nitrogens is 1. The van der Waals surface area contributed by atoms with Crippen LogP contribution in [0.1, 0.15) is 46.1 Å². The van der Waals surface area contributed by atoms with Gasteiger partial charge in [-0.3, -0.25) is 4.90 Å². The molecule has 1 saturated carbocycles. The number of aliphatic hydroxyl groups excluding tert-OH is 3. The van der Waals surface area contributed by atoms with Crippen molar-refractivity contribution in [2.24, 2.45) is 17.8 Å². The Morgan fingerprint density at radius 3 is 2.33 bits per heavy atom. The molecule has 11 atom stereocenters. The molecule has 4 heterocycles. The molecule has 4 aliphatic rings. The first-order chi connectivity index (χ1) is 32.3. The molecule has 3 fully saturated rings. The molecule has 362 valence electrons. The lowest BCUT2D eigenvalue weighted by molar-refractivity contribution is -0.295. The lowest BCUT2D eigenvalue weighted by atomic mass is 9.63. The number of nitrogens with one attached hydrogen (secondary N) is 1. The summed E-state index contributed by atoms with van der Waals surface area (Å²) in [6, 6.07) is 13.2. The van der Waals surface area contributed by atoms with Gasteiger partial charge in [0.2, 0.25) is 12.0 Å².